The molecule has 1 spiro atoms. The fourth-order valence-corrected chi connectivity index (χ4v) is 9.96. The van der Waals surface area contributed by atoms with Crippen LogP contribution in [0.25, 0.3) is 0 Å². The minimum Gasteiger partial charge on any atom is -0.490 e. The number of amides is 1. The van der Waals surface area contributed by atoms with Crippen molar-refractivity contribution < 1.29 is 27.8 Å². The smallest absolute Gasteiger partial charge is 0.264 e. The van der Waals surface area contributed by atoms with Crippen LogP contribution in [0.2, 0.25) is 5.02 Å². The summed E-state index contributed by atoms with van der Waals surface area (Å²) in [5.74, 6) is -0.00166. The summed E-state index contributed by atoms with van der Waals surface area (Å²) in [7, 11) is -2.63. The van der Waals surface area contributed by atoms with E-state index in [0.717, 1.165) is 42.8 Å². The molecule has 1 saturated carbocycles. The van der Waals surface area contributed by atoms with Crippen LogP contribution in [0.15, 0.2) is 48.6 Å². The van der Waals surface area contributed by atoms with Crippen LogP contribution in [0, 0.1) is 17.8 Å². The summed E-state index contributed by atoms with van der Waals surface area (Å²) in [4.78, 5) is 15.9. The predicted octanol–water partition coefficient (Wildman–Crippen LogP) is 5.26. The van der Waals surface area contributed by atoms with Gasteiger partial charge in [-0.1, -0.05) is 43.7 Å². The Labute approximate surface area is 265 Å². The average molecular weight is 643 g/mol. The van der Waals surface area contributed by atoms with Crippen molar-refractivity contribution >= 4 is 33.2 Å². The highest BCUT2D eigenvalue weighted by molar-refractivity contribution is 7.90. The van der Waals surface area contributed by atoms with Gasteiger partial charge in [0.15, 0.2) is 0 Å². The van der Waals surface area contributed by atoms with E-state index in [-0.39, 0.29) is 28.7 Å². The number of methoxy groups -OCH3 is 1. The first-order valence-electron chi connectivity index (χ1n) is 15.8. The number of aryl methyl sites for hydroxylation is 1. The van der Waals surface area contributed by atoms with Crippen LogP contribution in [0.1, 0.15) is 67.4 Å². The Balaban J connectivity index is 1.43. The zero-order valence-corrected chi connectivity index (χ0v) is 27.2. The van der Waals surface area contributed by atoms with Gasteiger partial charge in [0.05, 0.1) is 24.5 Å². The van der Waals surface area contributed by atoms with Crippen LogP contribution >= 0.6 is 11.6 Å². The molecule has 1 unspecified atom stereocenters. The standard InChI is InChI=1S/C34H43ClN2O6S/c1-21(2)32-31(42-3)8-4-7-29(38)26-12-9-24(26)18-37-19-34(15-5-6-22-16-25(35)11-13-27(22)34)20-43-30-14-10-23(17-28(30)37)33(39)36-44(32,40)41/h4,7,10-11,13-14,16-17,21,24,26,29,31-32,38H,5-6,8-9,12,15,18-20H2,1-3H3,(H,36,39)/b7-4+/t24-,26+,29-,31-,32?,34-/m0/s1. The number of aliphatic hydroxyl groups excluding tert-OH is 1. The number of fused-ring (bicyclic) bond motifs is 4. The molecular weight excluding hydrogens is 600 g/mol. The fourth-order valence-electron chi connectivity index (χ4n) is 7.91. The second-order valence-corrected chi connectivity index (χ2v) is 15.7. The van der Waals surface area contributed by atoms with Crippen molar-refractivity contribution in [2.75, 3.05) is 31.7 Å². The van der Waals surface area contributed by atoms with Crippen molar-refractivity contribution in [3.8, 4) is 5.75 Å². The number of benzene rings is 2. The lowest BCUT2D eigenvalue weighted by Gasteiger charge is -2.45. The van der Waals surface area contributed by atoms with Crippen LogP contribution in [0.5, 0.6) is 5.75 Å². The fraction of sp³-hybridized carbons (Fsp3) is 0.559. The Hall–Kier alpha value is -2.59. The third kappa shape index (κ3) is 5.88. The molecule has 2 heterocycles. The van der Waals surface area contributed by atoms with Crippen molar-refractivity contribution in [1.82, 2.24) is 4.72 Å². The minimum atomic E-state index is -4.11. The molecule has 44 heavy (non-hydrogen) atoms. The number of sulfonamides is 1. The predicted molar refractivity (Wildman–Crippen MR) is 172 cm³/mol. The zero-order valence-electron chi connectivity index (χ0n) is 25.7. The number of nitrogens with zero attached hydrogens (tertiary/aromatic N) is 1. The number of halogens is 1. The van der Waals surface area contributed by atoms with Crippen molar-refractivity contribution in [2.45, 2.75) is 75.2 Å². The second kappa shape index (κ2) is 12.3. The molecule has 4 aliphatic rings. The van der Waals surface area contributed by atoms with Crippen LogP contribution in [-0.4, -0.2) is 63.7 Å². The average Bonchev–Trinajstić information content (AvgIpc) is 3.10. The second-order valence-electron chi connectivity index (χ2n) is 13.4. The number of hydrogen-bond donors (Lipinski definition) is 2. The van der Waals surface area contributed by atoms with Gasteiger partial charge < -0.3 is 19.5 Å². The maximum Gasteiger partial charge on any atom is 0.264 e. The number of nitrogens with one attached hydrogen (secondary N) is 1. The van der Waals surface area contributed by atoms with Gasteiger partial charge in [0, 0.05) is 36.2 Å². The Morgan fingerprint density at radius 3 is 2.73 bits per heavy atom. The molecule has 6 rings (SSSR count). The summed E-state index contributed by atoms with van der Waals surface area (Å²) in [6.07, 6.45) is 7.43. The van der Waals surface area contributed by atoms with E-state index >= 15 is 0 Å². The van der Waals surface area contributed by atoms with Crippen molar-refractivity contribution in [3.63, 3.8) is 0 Å². The summed E-state index contributed by atoms with van der Waals surface area (Å²) in [5, 5.41) is 11.0. The molecule has 0 radical (unpaired) electrons. The summed E-state index contributed by atoms with van der Waals surface area (Å²) in [5.41, 5.74) is 3.24. The molecule has 8 nitrogen and oxygen atoms in total. The van der Waals surface area contributed by atoms with E-state index in [0.29, 0.717) is 31.9 Å². The topological polar surface area (TPSA) is 105 Å². The first-order chi connectivity index (χ1) is 21.0. The monoisotopic (exact) mass is 642 g/mol. The minimum absolute atomic E-state index is 0.0808. The molecule has 2 aromatic carbocycles. The number of carbonyl (C=O) groups is 1. The molecule has 2 N–H and O–H groups in total. The maximum absolute atomic E-state index is 13.6. The molecular formula is C34H43ClN2O6S. The molecule has 0 saturated heterocycles. The zero-order chi connectivity index (χ0) is 31.2. The van der Waals surface area contributed by atoms with Gasteiger partial charge in [-0.15, -0.1) is 0 Å². The number of anilines is 1. The molecule has 2 aliphatic heterocycles. The molecule has 1 amide bonds. The highest BCUT2D eigenvalue weighted by Gasteiger charge is 2.44. The maximum atomic E-state index is 13.6. The molecule has 1 fully saturated rings. The number of hydrogen-bond acceptors (Lipinski definition) is 7. The van der Waals surface area contributed by atoms with Crippen molar-refractivity contribution in [3.05, 3.63) is 70.3 Å². The van der Waals surface area contributed by atoms with Gasteiger partial charge >= 0.3 is 0 Å². The van der Waals surface area contributed by atoms with Gasteiger partial charge in [0.1, 0.15) is 11.0 Å². The molecule has 238 valence electrons. The Morgan fingerprint density at radius 1 is 1.18 bits per heavy atom. The lowest BCUT2D eigenvalue weighted by molar-refractivity contribution is 0.0450. The van der Waals surface area contributed by atoms with Gasteiger partial charge in [0.25, 0.3) is 5.91 Å². The van der Waals surface area contributed by atoms with E-state index in [1.165, 1.54) is 18.2 Å². The summed E-state index contributed by atoms with van der Waals surface area (Å²) >= 11 is 6.40. The lowest BCUT2D eigenvalue weighted by atomic mass is 9.68. The van der Waals surface area contributed by atoms with Crippen LogP contribution < -0.4 is 14.4 Å². The molecule has 2 bridgehead atoms. The third-order valence-electron chi connectivity index (χ3n) is 10.3. The third-order valence-corrected chi connectivity index (χ3v) is 12.6. The van der Waals surface area contributed by atoms with E-state index < -0.39 is 33.4 Å². The summed E-state index contributed by atoms with van der Waals surface area (Å²) in [6, 6.07) is 11.3. The molecule has 2 aromatic rings. The highest BCUT2D eigenvalue weighted by atomic mass is 35.5. The number of rotatable bonds is 2. The van der Waals surface area contributed by atoms with Gasteiger partial charge in [-0.05, 0) is 97.7 Å². The van der Waals surface area contributed by atoms with Gasteiger partial charge in [-0.3, -0.25) is 4.79 Å². The van der Waals surface area contributed by atoms with Gasteiger partial charge in [-0.2, -0.15) is 0 Å². The van der Waals surface area contributed by atoms with Crippen LogP contribution in [-0.2, 0) is 26.6 Å². The SMILES string of the molecule is CO[C@H]1C/C=C/[C@H](O)[C@@H]2CC[C@H]2CN2C[C@@]3(CCCc4cc(Cl)ccc43)COc3ccc(cc32)C(=O)NS(=O)(=O)C1C(C)C. The Morgan fingerprint density at radius 2 is 2.00 bits per heavy atom. The number of ether oxygens (including phenoxy) is 2. The summed E-state index contributed by atoms with van der Waals surface area (Å²) in [6.45, 7) is 5.47. The normalized spacial score (nSPS) is 32.5. The van der Waals surface area contributed by atoms with E-state index in [2.05, 4.69) is 21.8 Å². The van der Waals surface area contributed by atoms with Crippen LogP contribution in [0.3, 0.4) is 0 Å². The Bertz CT molecular complexity index is 1540. The highest BCUT2D eigenvalue weighted by Crippen LogP contribution is 2.46. The first-order valence-corrected chi connectivity index (χ1v) is 17.7. The summed E-state index contributed by atoms with van der Waals surface area (Å²) < 4.78 is 41.8. The molecule has 0 aromatic heterocycles. The van der Waals surface area contributed by atoms with Crippen molar-refractivity contribution in [1.29, 1.82) is 0 Å². The van der Waals surface area contributed by atoms with E-state index in [1.807, 2.05) is 12.1 Å². The molecule has 2 aliphatic carbocycles. The van der Waals surface area contributed by atoms with Gasteiger partial charge in [0.2, 0.25) is 10.0 Å². The van der Waals surface area contributed by atoms with Crippen molar-refractivity contribution in [2.24, 2.45) is 17.8 Å². The van der Waals surface area contributed by atoms with E-state index in [1.54, 1.807) is 38.1 Å². The van der Waals surface area contributed by atoms with Gasteiger partial charge in [-0.25, -0.2) is 13.1 Å². The lowest BCUT2D eigenvalue weighted by Crippen LogP contribution is -2.49. The van der Waals surface area contributed by atoms with E-state index in [9.17, 15) is 18.3 Å². The number of aliphatic hydroxyl groups is 1. The van der Waals surface area contributed by atoms with E-state index in [4.69, 9.17) is 21.1 Å². The molecule has 6 atom stereocenters. The number of carbonyl (C=O) groups excluding carboxylic acids is 1. The Kier molecular flexibility index (Phi) is 8.78. The first kappa shape index (κ1) is 31.4. The van der Waals surface area contributed by atoms with Crippen LogP contribution in [0.4, 0.5) is 5.69 Å². The largest absolute Gasteiger partial charge is 0.490 e. The quantitative estimate of drug-likeness (QED) is 0.431. The molecule has 10 heteroatoms.